The van der Waals surface area contributed by atoms with E-state index in [9.17, 15) is 14.4 Å². The smallest absolute Gasteiger partial charge is 0.328 e. The maximum Gasteiger partial charge on any atom is 0.328 e. The molecule has 148 valence electrons. The quantitative estimate of drug-likeness (QED) is 0.505. The van der Waals surface area contributed by atoms with Crippen LogP contribution < -0.4 is 21.5 Å². The van der Waals surface area contributed by atoms with Gasteiger partial charge in [-0.05, 0) is 24.3 Å². The van der Waals surface area contributed by atoms with Crippen LogP contribution in [0.2, 0.25) is 0 Å². The van der Waals surface area contributed by atoms with Gasteiger partial charge < -0.3 is 9.72 Å². The molecule has 3 heterocycles. The summed E-state index contributed by atoms with van der Waals surface area (Å²) in [7, 11) is 0. The van der Waals surface area contributed by atoms with Gasteiger partial charge in [0.25, 0.3) is 17.1 Å². The third-order valence-electron chi connectivity index (χ3n) is 4.57. The van der Waals surface area contributed by atoms with Crippen molar-refractivity contribution >= 4 is 33.4 Å². The van der Waals surface area contributed by atoms with E-state index in [4.69, 9.17) is 16.3 Å². The molecule has 0 spiro atoms. The molecule has 0 fully saturated rings. The number of hydrogen-bond donors (Lipinski definition) is 1. The second-order valence-corrected chi connectivity index (χ2v) is 6.72. The number of hydrogen-bond acceptors (Lipinski definition) is 5. The van der Waals surface area contributed by atoms with Gasteiger partial charge in [0.2, 0.25) is 0 Å². The van der Waals surface area contributed by atoms with Crippen molar-refractivity contribution in [3.8, 4) is 6.01 Å². The lowest BCUT2D eigenvalue weighted by Crippen LogP contribution is -2.35. The zero-order valence-corrected chi connectivity index (χ0v) is 16.1. The van der Waals surface area contributed by atoms with Gasteiger partial charge in [0.05, 0.1) is 28.4 Å². The molecule has 0 aliphatic carbocycles. The van der Waals surface area contributed by atoms with Gasteiger partial charge in [-0.1, -0.05) is 24.3 Å². The Hall–Kier alpha value is -3.39. The van der Waals surface area contributed by atoms with Crippen LogP contribution in [-0.2, 0) is 13.1 Å². The van der Waals surface area contributed by atoms with Crippen molar-refractivity contribution in [3.05, 3.63) is 79.7 Å². The van der Waals surface area contributed by atoms with E-state index in [1.54, 1.807) is 34.9 Å². The number of ether oxygens (including phenoxy) is 1. The average molecular weight is 413 g/mol. The van der Waals surface area contributed by atoms with E-state index in [-0.39, 0.29) is 23.5 Å². The Bertz CT molecular complexity index is 1370. The first kappa shape index (κ1) is 18.9. The Morgan fingerprint density at radius 1 is 1.00 bits per heavy atom. The molecule has 1 N–H and O–H groups in total. The molecule has 0 saturated carbocycles. The molecular weight excluding hydrogens is 396 g/mol. The Balaban J connectivity index is 0.000000141. The van der Waals surface area contributed by atoms with Gasteiger partial charge in [-0.15, -0.1) is 11.6 Å². The molecule has 0 radical (unpaired) electrons. The molecule has 1 aliphatic rings. The van der Waals surface area contributed by atoms with Crippen molar-refractivity contribution in [2.24, 2.45) is 0 Å². The van der Waals surface area contributed by atoms with Crippen LogP contribution in [0.15, 0.2) is 62.9 Å². The predicted octanol–water partition coefficient (Wildman–Crippen LogP) is 1.72. The number of H-pyrrole nitrogens is 1. The van der Waals surface area contributed by atoms with E-state index >= 15 is 0 Å². The second-order valence-electron chi connectivity index (χ2n) is 6.34. The lowest BCUT2D eigenvalue weighted by atomic mass is 10.2. The van der Waals surface area contributed by atoms with E-state index in [0.29, 0.717) is 41.0 Å². The van der Waals surface area contributed by atoms with Crippen molar-refractivity contribution < 1.29 is 4.74 Å². The monoisotopic (exact) mass is 412 g/mol. The molecule has 4 aromatic rings. The van der Waals surface area contributed by atoms with Crippen molar-refractivity contribution in [2.75, 3.05) is 12.5 Å². The fourth-order valence-corrected chi connectivity index (χ4v) is 3.34. The maximum atomic E-state index is 11.9. The molecule has 2 aromatic carbocycles. The van der Waals surface area contributed by atoms with E-state index in [0.717, 1.165) is 4.57 Å². The fraction of sp³-hybridized carbons (Fsp3) is 0.200. The van der Waals surface area contributed by atoms with Crippen LogP contribution in [0.3, 0.4) is 0 Å². The first-order valence-corrected chi connectivity index (χ1v) is 9.54. The number of alkyl halides is 1. The third kappa shape index (κ3) is 3.54. The number of aromatic nitrogens is 4. The molecule has 29 heavy (non-hydrogen) atoms. The number of rotatable bonds is 2. The molecule has 0 bridgehead atoms. The molecule has 1 aliphatic heterocycles. The zero-order chi connectivity index (χ0) is 20.4. The van der Waals surface area contributed by atoms with Gasteiger partial charge in [0, 0.05) is 12.4 Å². The summed E-state index contributed by atoms with van der Waals surface area (Å²) >= 11 is 5.52. The number of para-hydroxylation sites is 2. The molecule has 5 rings (SSSR count). The zero-order valence-electron chi connectivity index (χ0n) is 15.3. The van der Waals surface area contributed by atoms with Crippen LogP contribution in [0.5, 0.6) is 6.01 Å². The number of aromatic amines is 1. The van der Waals surface area contributed by atoms with Gasteiger partial charge in [0.15, 0.2) is 0 Å². The van der Waals surface area contributed by atoms with Crippen molar-refractivity contribution in [1.82, 2.24) is 19.1 Å². The predicted molar refractivity (Wildman–Crippen MR) is 111 cm³/mol. The maximum absolute atomic E-state index is 11.9. The Morgan fingerprint density at radius 3 is 2.52 bits per heavy atom. The summed E-state index contributed by atoms with van der Waals surface area (Å²) in [5, 5.41) is 1.16. The Labute approximate surface area is 169 Å². The van der Waals surface area contributed by atoms with E-state index in [1.165, 1.54) is 0 Å². The summed E-state index contributed by atoms with van der Waals surface area (Å²) in [6, 6.07) is 14.6. The van der Waals surface area contributed by atoms with Crippen molar-refractivity contribution in [2.45, 2.75) is 13.1 Å². The summed E-state index contributed by atoms with van der Waals surface area (Å²) < 4.78 is 7.92. The van der Waals surface area contributed by atoms with Gasteiger partial charge >= 0.3 is 5.69 Å². The largest absolute Gasteiger partial charge is 0.463 e. The van der Waals surface area contributed by atoms with Crippen molar-refractivity contribution in [1.29, 1.82) is 0 Å². The fourth-order valence-electron chi connectivity index (χ4n) is 3.17. The van der Waals surface area contributed by atoms with Crippen LogP contribution in [0.4, 0.5) is 0 Å². The topological polar surface area (TPSA) is 99.0 Å². The van der Waals surface area contributed by atoms with E-state index < -0.39 is 5.69 Å². The molecule has 2 aromatic heterocycles. The summed E-state index contributed by atoms with van der Waals surface area (Å²) in [6.07, 6.45) is 0. The van der Waals surface area contributed by atoms with Gasteiger partial charge in [0.1, 0.15) is 6.61 Å². The van der Waals surface area contributed by atoms with Crippen molar-refractivity contribution in [3.63, 3.8) is 0 Å². The highest BCUT2D eigenvalue weighted by Gasteiger charge is 2.16. The first-order valence-electron chi connectivity index (χ1n) is 9.00. The molecule has 0 amide bonds. The highest BCUT2D eigenvalue weighted by atomic mass is 35.5. The van der Waals surface area contributed by atoms with Gasteiger partial charge in [-0.3, -0.25) is 18.7 Å². The molecule has 0 atom stereocenters. The highest BCUT2D eigenvalue weighted by Crippen LogP contribution is 2.15. The first-order chi connectivity index (χ1) is 14.1. The number of fused-ring (bicyclic) bond motifs is 3. The standard InChI is InChI=1S/C10H9ClN2O2.C10H8N2O2/c11-5-6-13-9(14)7-3-1-2-4-8(7)12-10(13)15;13-9-7-3-1-2-4-8(7)11-10-12(9)5-6-14-10/h1-4H,5-6H2,(H,12,15);1-4H,5-6H2. The van der Waals surface area contributed by atoms with Crippen LogP contribution in [-0.4, -0.2) is 31.6 Å². The van der Waals surface area contributed by atoms with E-state index in [2.05, 4.69) is 9.97 Å². The molecule has 0 saturated heterocycles. The number of halogens is 1. The third-order valence-corrected chi connectivity index (χ3v) is 4.74. The van der Waals surface area contributed by atoms with Crippen LogP contribution >= 0.6 is 11.6 Å². The Kier molecular flexibility index (Phi) is 5.18. The molecule has 0 unspecified atom stereocenters. The van der Waals surface area contributed by atoms with Crippen LogP contribution in [0.1, 0.15) is 0 Å². The van der Waals surface area contributed by atoms with Gasteiger partial charge in [-0.2, -0.15) is 4.98 Å². The summed E-state index contributed by atoms with van der Waals surface area (Å²) in [5.41, 5.74) is 0.529. The minimum atomic E-state index is -0.417. The lowest BCUT2D eigenvalue weighted by Gasteiger charge is -2.03. The van der Waals surface area contributed by atoms with E-state index in [1.807, 2.05) is 18.2 Å². The molecule has 9 heteroatoms. The van der Waals surface area contributed by atoms with Crippen LogP contribution in [0, 0.1) is 0 Å². The minimum Gasteiger partial charge on any atom is -0.463 e. The molecular formula is C20H17ClN4O4. The summed E-state index contributed by atoms with van der Waals surface area (Å²) in [4.78, 5) is 42.1. The van der Waals surface area contributed by atoms with Crippen LogP contribution in [0.25, 0.3) is 21.8 Å². The lowest BCUT2D eigenvalue weighted by molar-refractivity contribution is 0.345. The SMILES string of the molecule is O=c1[nH]c2ccccc2c(=O)n1CCCl.O=c1c2ccccc2nc2n1CCO2. The minimum absolute atomic E-state index is 0.0110. The highest BCUT2D eigenvalue weighted by molar-refractivity contribution is 6.17. The number of benzene rings is 2. The average Bonchev–Trinajstić information content (AvgIpc) is 3.21. The normalized spacial score (nSPS) is 12.3. The molecule has 8 nitrogen and oxygen atoms in total. The number of nitrogens with one attached hydrogen (secondary N) is 1. The summed E-state index contributed by atoms with van der Waals surface area (Å²) in [6.45, 7) is 1.37. The summed E-state index contributed by atoms with van der Waals surface area (Å²) in [5.74, 6) is 0.237. The second kappa shape index (κ2) is 7.92. The Morgan fingerprint density at radius 2 is 1.72 bits per heavy atom. The number of nitrogens with zero attached hydrogens (tertiary/aromatic N) is 3. The van der Waals surface area contributed by atoms with Gasteiger partial charge in [-0.25, -0.2) is 4.79 Å².